The molecule has 0 radical (unpaired) electrons. The number of likely N-dealkylation sites (tertiary alicyclic amines) is 1. The smallest absolute Gasteiger partial charge is 0.264 e. The summed E-state index contributed by atoms with van der Waals surface area (Å²) in [7, 11) is 0. The highest BCUT2D eigenvalue weighted by Gasteiger charge is 2.33. The van der Waals surface area contributed by atoms with Crippen LogP contribution in [0.15, 0.2) is 65.8 Å². The minimum Gasteiger partial charge on any atom is -0.398 e. The van der Waals surface area contributed by atoms with Gasteiger partial charge in [0.05, 0.1) is 24.0 Å². The van der Waals surface area contributed by atoms with Gasteiger partial charge in [0, 0.05) is 30.3 Å². The topological polar surface area (TPSA) is 102 Å². The lowest BCUT2D eigenvalue weighted by Crippen LogP contribution is -2.47. The van der Waals surface area contributed by atoms with Crippen molar-refractivity contribution in [3.63, 3.8) is 0 Å². The Morgan fingerprint density at radius 1 is 1.12 bits per heavy atom. The molecule has 170 valence electrons. The number of nitrogen functional groups attached to an aromatic ring is 1. The van der Waals surface area contributed by atoms with E-state index < -0.39 is 5.60 Å². The van der Waals surface area contributed by atoms with Crippen LogP contribution in [0.2, 0.25) is 5.02 Å². The third-order valence-electron chi connectivity index (χ3n) is 6.31. The van der Waals surface area contributed by atoms with Crippen LogP contribution < -0.4 is 11.3 Å². The fraction of sp³-hybridized carbons (Fsp3) is 0.292. The number of fused-ring (bicyclic) bond motifs is 1. The van der Waals surface area contributed by atoms with Gasteiger partial charge in [-0.05, 0) is 48.7 Å². The van der Waals surface area contributed by atoms with Gasteiger partial charge in [0.15, 0.2) is 5.65 Å². The van der Waals surface area contributed by atoms with Gasteiger partial charge >= 0.3 is 0 Å². The molecule has 0 amide bonds. The highest BCUT2D eigenvalue weighted by atomic mass is 35.5. The SMILES string of the molecule is Nc1ccc(Cl)cc1CN1CCC(O)(Cn2cnc3c(cnn3-c3ccccc3)c2=O)CC1. The van der Waals surface area contributed by atoms with E-state index in [9.17, 15) is 9.90 Å². The quantitative estimate of drug-likeness (QED) is 0.440. The first kappa shape index (κ1) is 21.6. The van der Waals surface area contributed by atoms with Crippen LogP contribution in [0.25, 0.3) is 16.7 Å². The van der Waals surface area contributed by atoms with Crippen LogP contribution >= 0.6 is 11.6 Å². The van der Waals surface area contributed by atoms with Crippen molar-refractivity contribution in [2.24, 2.45) is 0 Å². The molecule has 3 heterocycles. The zero-order valence-corrected chi connectivity index (χ0v) is 18.8. The molecule has 33 heavy (non-hydrogen) atoms. The third-order valence-corrected chi connectivity index (χ3v) is 6.54. The van der Waals surface area contributed by atoms with Crippen LogP contribution in [0.5, 0.6) is 0 Å². The van der Waals surface area contributed by atoms with Crippen LogP contribution in [-0.2, 0) is 13.1 Å². The maximum atomic E-state index is 13.1. The normalized spacial score (nSPS) is 16.3. The second-order valence-electron chi connectivity index (χ2n) is 8.65. The summed E-state index contributed by atoms with van der Waals surface area (Å²) in [4.78, 5) is 19.8. The Kier molecular flexibility index (Phi) is 5.65. The Bertz CT molecular complexity index is 1340. The lowest BCUT2D eigenvalue weighted by atomic mass is 9.91. The number of aromatic nitrogens is 4. The third kappa shape index (κ3) is 4.37. The molecule has 1 aliphatic rings. The van der Waals surface area contributed by atoms with E-state index in [4.69, 9.17) is 17.3 Å². The number of halogens is 1. The summed E-state index contributed by atoms with van der Waals surface area (Å²) >= 11 is 6.10. The van der Waals surface area contributed by atoms with Gasteiger partial charge in [0.2, 0.25) is 0 Å². The van der Waals surface area contributed by atoms with Crippen molar-refractivity contribution < 1.29 is 5.11 Å². The van der Waals surface area contributed by atoms with Crippen molar-refractivity contribution >= 4 is 28.3 Å². The zero-order valence-electron chi connectivity index (χ0n) is 18.1. The number of aliphatic hydroxyl groups is 1. The molecule has 0 aliphatic carbocycles. The molecule has 0 saturated carbocycles. The van der Waals surface area contributed by atoms with Crippen molar-refractivity contribution in [3.05, 3.63) is 82.0 Å². The number of piperidine rings is 1. The lowest BCUT2D eigenvalue weighted by molar-refractivity contribution is -0.0364. The Balaban J connectivity index is 1.30. The number of nitrogens with zero attached hydrogens (tertiary/aromatic N) is 5. The number of para-hydroxylation sites is 1. The molecule has 0 bridgehead atoms. The largest absolute Gasteiger partial charge is 0.398 e. The van der Waals surface area contributed by atoms with E-state index in [0.29, 0.717) is 54.2 Å². The molecule has 5 rings (SSSR count). The molecule has 1 aliphatic heterocycles. The predicted octanol–water partition coefficient (Wildman–Crippen LogP) is 2.84. The minimum absolute atomic E-state index is 0.193. The van der Waals surface area contributed by atoms with Gasteiger partial charge in [-0.15, -0.1) is 0 Å². The number of hydrogen-bond donors (Lipinski definition) is 2. The highest BCUT2D eigenvalue weighted by Crippen LogP contribution is 2.27. The molecular weight excluding hydrogens is 440 g/mol. The van der Waals surface area contributed by atoms with Gasteiger partial charge in [-0.25, -0.2) is 9.67 Å². The zero-order chi connectivity index (χ0) is 23.0. The molecule has 0 atom stereocenters. The maximum absolute atomic E-state index is 13.1. The molecule has 3 N–H and O–H groups in total. The molecule has 9 heteroatoms. The van der Waals surface area contributed by atoms with Crippen molar-refractivity contribution in [1.29, 1.82) is 0 Å². The number of hydrogen-bond acceptors (Lipinski definition) is 6. The Labute approximate surface area is 195 Å². The molecule has 1 saturated heterocycles. The molecule has 4 aromatic rings. The number of benzene rings is 2. The van der Waals surface area contributed by atoms with E-state index in [1.54, 1.807) is 10.7 Å². The first-order valence-electron chi connectivity index (χ1n) is 10.9. The Morgan fingerprint density at radius 2 is 1.88 bits per heavy atom. The molecule has 0 spiro atoms. The first-order chi connectivity index (χ1) is 15.9. The van der Waals surface area contributed by atoms with Gasteiger partial charge in [-0.1, -0.05) is 29.8 Å². The van der Waals surface area contributed by atoms with Crippen LogP contribution in [0.1, 0.15) is 18.4 Å². The monoisotopic (exact) mass is 464 g/mol. The number of anilines is 1. The maximum Gasteiger partial charge on any atom is 0.264 e. The molecule has 0 unspecified atom stereocenters. The van der Waals surface area contributed by atoms with E-state index in [2.05, 4.69) is 15.0 Å². The second-order valence-corrected chi connectivity index (χ2v) is 9.09. The summed E-state index contributed by atoms with van der Waals surface area (Å²) in [5.74, 6) is 0. The summed E-state index contributed by atoms with van der Waals surface area (Å²) in [6.07, 6.45) is 4.13. The van der Waals surface area contributed by atoms with Crippen LogP contribution in [0, 0.1) is 0 Å². The second kappa shape index (κ2) is 8.62. The van der Waals surface area contributed by atoms with Crippen molar-refractivity contribution in [2.75, 3.05) is 18.8 Å². The summed E-state index contributed by atoms with van der Waals surface area (Å²) in [6.45, 7) is 2.25. The van der Waals surface area contributed by atoms with E-state index in [1.807, 2.05) is 42.5 Å². The summed E-state index contributed by atoms with van der Waals surface area (Å²) < 4.78 is 3.14. The summed E-state index contributed by atoms with van der Waals surface area (Å²) in [6, 6.07) is 15.0. The Hall–Kier alpha value is -3.20. The molecule has 1 fully saturated rings. The predicted molar refractivity (Wildman–Crippen MR) is 128 cm³/mol. The van der Waals surface area contributed by atoms with Crippen molar-refractivity contribution in [1.82, 2.24) is 24.2 Å². The summed E-state index contributed by atoms with van der Waals surface area (Å²) in [5, 5.41) is 16.6. The van der Waals surface area contributed by atoms with E-state index in [0.717, 1.165) is 11.3 Å². The van der Waals surface area contributed by atoms with Crippen molar-refractivity contribution in [2.45, 2.75) is 31.5 Å². The van der Waals surface area contributed by atoms with Crippen LogP contribution in [0.4, 0.5) is 5.69 Å². The first-order valence-corrected chi connectivity index (χ1v) is 11.3. The molecule has 2 aromatic heterocycles. The van der Waals surface area contributed by atoms with Gasteiger partial charge in [0.25, 0.3) is 5.56 Å². The average molecular weight is 465 g/mol. The summed E-state index contributed by atoms with van der Waals surface area (Å²) in [5.41, 5.74) is 7.92. The molecular formula is C24H25ClN6O2. The standard InChI is InChI=1S/C24H25ClN6O2/c25-18-6-7-21(26)17(12-18)14-29-10-8-24(33,9-11-29)15-30-16-27-22-20(23(30)32)13-28-31(22)19-4-2-1-3-5-19/h1-7,12-13,16,33H,8-11,14-15,26H2. The van der Waals surface area contributed by atoms with Gasteiger partial charge in [0.1, 0.15) is 11.7 Å². The van der Waals surface area contributed by atoms with Gasteiger partial charge < -0.3 is 10.8 Å². The Morgan fingerprint density at radius 3 is 2.64 bits per heavy atom. The van der Waals surface area contributed by atoms with Gasteiger partial charge in [-0.2, -0.15) is 5.10 Å². The fourth-order valence-electron chi connectivity index (χ4n) is 4.37. The minimum atomic E-state index is -0.981. The molecule has 2 aromatic carbocycles. The molecule has 8 nitrogen and oxygen atoms in total. The van der Waals surface area contributed by atoms with Crippen LogP contribution in [0.3, 0.4) is 0 Å². The van der Waals surface area contributed by atoms with E-state index in [-0.39, 0.29) is 12.1 Å². The average Bonchev–Trinajstić information content (AvgIpc) is 3.25. The highest BCUT2D eigenvalue weighted by molar-refractivity contribution is 6.30. The van der Waals surface area contributed by atoms with E-state index in [1.165, 1.54) is 17.1 Å². The van der Waals surface area contributed by atoms with Crippen LogP contribution in [-0.4, -0.2) is 48.0 Å². The fourth-order valence-corrected chi connectivity index (χ4v) is 4.57. The van der Waals surface area contributed by atoms with E-state index >= 15 is 0 Å². The van der Waals surface area contributed by atoms with Crippen molar-refractivity contribution in [3.8, 4) is 5.69 Å². The number of nitrogens with two attached hydrogens (primary N) is 1. The lowest BCUT2D eigenvalue weighted by Gasteiger charge is -2.38. The van der Waals surface area contributed by atoms with Gasteiger partial charge in [-0.3, -0.25) is 14.3 Å². The number of rotatable bonds is 5.